The highest BCUT2D eigenvalue weighted by Gasteiger charge is 2.07. The molecular weight excluding hydrogens is 479 g/mol. The molecule has 9 heteroatoms. The number of guanidine groups is 1. The lowest BCUT2D eigenvalue weighted by atomic mass is 10.2. The average Bonchev–Trinajstić information content (AvgIpc) is 3.21. The average molecular weight is 504 g/mol. The van der Waals surface area contributed by atoms with Crippen molar-refractivity contribution in [1.82, 2.24) is 10.6 Å². The van der Waals surface area contributed by atoms with Crippen LogP contribution in [0.4, 0.5) is 5.69 Å². The van der Waals surface area contributed by atoms with Gasteiger partial charge < -0.3 is 25.4 Å². The van der Waals surface area contributed by atoms with Gasteiger partial charge in [0.2, 0.25) is 0 Å². The van der Waals surface area contributed by atoms with Crippen LogP contribution >= 0.6 is 35.3 Å². The third-order valence-electron chi connectivity index (χ3n) is 3.55. The number of halogens is 1. The number of carbonyl (C=O) groups is 1. The van der Waals surface area contributed by atoms with Crippen molar-refractivity contribution in [2.75, 3.05) is 39.7 Å². The van der Waals surface area contributed by atoms with E-state index in [-0.39, 0.29) is 29.9 Å². The predicted octanol–water partition coefficient (Wildman–Crippen LogP) is 3.19. The van der Waals surface area contributed by atoms with Crippen molar-refractivity contribution >= 4 is 52.9 Å². The van der Waals surface area contributed by atoms with Gasteiger partial charge in [-0.15, -0.1) is 35.3 Å². The molecule has 0 fully saturated rings. The van der Waals surface area contributed by atoms with Crippen LogP contribution in [0.5, 0.6) is 11.5 Å². The number of benzene rings is 1. The SMILES string of the molecule is CN=C(NCCCNC(=O)c1cccs1)Nc1ccc(OC)c(OC)c1.I. The summed E-state index contributed by atoms with van der Waals surface area (Å²) >= 11 is 1.43. The Labute approximate surface area is 180 Å². The summed E-state index contributed by atoms with van der Waals surface area (Å²) < 4.78 is 10.5. The Hall–Kier alpha value is -2.01. The van der Waals surface area contributed by atoms with Gasteiger partial charge in [0.1, 0.15) is 0 Å². The Balaban J connectivity index is 0.00000364. The van der Waals surface area contributed by atoms with Gasteiger partial charge in [-0.3, -0.25) is 9.79 Å². The first-order chi connectivity index (χ1) is 12.7. The number of rotatable bonds is 8. The van der Waals surface area contributed by atoms with Crippen LogP contribution in [-0.2, 0) is 0 Å². The number of nitrogens with zero attached hydrogens (tertiary/aromatic N) is 1. The summed E-state index contributed by atoms with van der Waals surface area (Å²) in [4.78, 5) is 16.8. The molecule has 0 saturated heterocycles. The molecule has 0 bridgehead atoms. The van der Waals surface area contributed by atoms with Crippen molar-refractivity contribution in [2.45, 2.75) is 6.42 Å². The molecule has 27 heavy (non-hydrogen) atoms. The molecule has 148 valence electrons. The van der Waals surface area contributed by atoms with E-state index in [1.807, 2.05) is 35.7 Å². The Kier molecular flexibility index (Phi) is 10.6. The van der Waals surface area contributed by atoms with Crippen LogP contribution in [0.25, 0.3) is 0 Å². The summed E-state index contributed by atoms with van der Waals surface area (Å²) in [6.45, 7) is 1.27. The van der Waals surface area contributed by atoms with Crippen molar-refractivity contribution in [1.29, 1.82) is 0 Å². The zero-order chi connectivity index (χ0) is 18.8. The number of methoxy groups -OCH3 is 2. The molecule has 1 aromatic heterocycles. The van der Waals surface area contributed by atoms with Crippen LogP contribution < -0.4 is 25.4 Å². The fourth-order valence-electron chi connectivity index (χ4n) is 2.22. The Morgan fingerprint density at radius 1 is 1.11 bits per heavy atom. The summed E-state index contributed by atoms with van der Waals surface area (Å²) in [5, 5.41) is 11.2. The molecule has 0 aliphatic heterocycles. The highest BCUT2D eigenvalue weighted by molar-refractivity contribution is 14.0. The summed E-state index contributed by atoms with van der Waals surface area (Å²) in [6.07, 6.45) is 0.781. The van der Waals surface area contributed by atoms with E-state index in [4.69, 9.17) is 9.47 Å². The van der Waals surface area contributed by atoms with Crippen molar-refractivity contribution in [3.05, 3.63) is 40.6 Å². The van der Waals surface area contributed by atoms with Crippen LogP contribution in [0.2, 0.25) is 0 Å². The quantitative estimate of drug-likeness (QED) is 0.223. The predicted molar refractivity (Wildman–Crippen MR) is 121 cm³/mol. The van der Waals surface area contributed by atoms with Gasteiger partial charge >= 0.3 is 0 Å². The first-order valence-corrected chi connectivity index (χ1v) is 9.07. The number of aliphatic imine (C=N–C) groups is 1. The number of thiophene rings is 1. The third-order valence-corrected chi connectivity index (χ3v) is 4.42. The molecule has 1 heterocycles. The third kappa shape index (κ3) is 7.25. The number of amides is 1. The van der Waals surface area contributed by atoms with E-state index in [1.54, 1.807) is 21.3 Å². The number of ether oxygens (including phenoxy) is 2. The molecule has 1 amide bonds. The molecule has 0 aliphatic rings. The fourth-order valence-corrected chi connectivity index (χ4v) is 2.86. The molecular formula is C18H25IN4O3S. The number of anilines is 1. The van der Waals surface area contributed by atoms with Gasteiger partial charge in [0.15, 0.2) is 17.5 Å². The van der Waals surface area contributed by atoms with E-state index >= 15 is 0 Å². The van der Waals surface area contributed by atoms with Gasteiger partial charge in [0.25, 0.3) is 5.91 Å². The van der Waals surface area contributed by atoms with Gasteiger partial charge in [0, 0.05) is 31.9 Å². The maximum atomic E-state index is 11.8. The largest absolute Gasteiger partial charge is 0.493 e. The molecule has 0 unspecified atom stereocenters. The second-order valence-corrected chi connectivity index (χ2v) is 6.23. The van der Waals surface area contributed by atoms with Gasteiger partial charge in [0.05, 0.1) is 19.1 Å². The summed E-state index contributed by atoms with van der Waals surface area (Å²) in [7, 11) is 4.90. The number of nitrogens with one attached hydrogen (secondary N) is 3. The van der Waals surface area contributed by atoms with Gasteiger partial charge in [-0.1, -0.05) is 6.07 Å². The van der Waals surface area contributed by atoms with E-state index in [0.717, 1.165) is 17.0 Å². The molecule has 3 N–H and O–H groups in total. The van der Waals surface area contributed by atoms with Gasteiger partial charge in [-0.25, -0.2) is 0 Å². The lowest BCUT2D eigenvalue weighted by Crippen LogP contribution is -2.33. The summed E-state index contributed by atoms with van der Waals surface area (Å²) in [6, 6.07) is 9.23. The molecule has 2 rings (SSSR count). The monoisotopic (exact) mass is 504 g/mol. The molecule has 1 aromatic carbocycles. The topological polar surface area (TPSA) is 84.0 Å². The molecule has 0 atom stereocenters. The second-order valence-electron chi connectivity index (χ2n) is 5.28. The molecule has 0 spiro atoms. The van der Waals surface area contributed by atoms with Gasteiger partial charge in [-0.2, -0.15) is 0 Å². The summed E-state index contributed by atoms with van der Waals surface area (Å²) in [5.74, 6) is 1.92. The molecule has 0 radical (unpaired) electrons. The normalized spacial score (nSPS) is 10.6. The van der Waals surface area contributed by atoms with Crippen molar-refractivity contribution in [3.63, 3.8) is 0 Å². The minimum absolute atomic E-state index is 0. The van der Waals surface area contributed by atoms with E-state index in [0.29, 0.717) is 30.5 Å². The van der Waals surface area contributed by atoms with Crippen molar-refractivity contribution < 1.29 is 14.3 Å². The Morgan fingerprint density at radius 2 is 1.85 bits per heavy atom. The smallest absolute Gasteiger partial charge is 0.261 e. The zero-order valence-electron chi connectivity index (χ0n) is 15.6. The van der Waals surface area contributed by atoms with Crippen LogP contribution in [0.3, 0.4) is 0 Å². The van der Waals surface area contributed by atoms with Crippen LogP contribution in [0.1, 0.15) is 16.1 Å². The molecule has 0 aliphatic carbocycles. The van der Waals surface area contributed by atoms with E-state index in [9.17, 15) is 4.79 Å². The first kappa shape index (κ1) is 23.0. The fraction of sp³-hybridized carbons (Fsp3) is 0.333. The van der Waals surface area contributed by atoms with E-state index in [1.165, 1.54) is 11.3 Å². The van der Waals surface area contributed by atoms with E-state index < -0.39 is 0 Å². The lowest BCUT2D eigenvalue weighted by Gasteiger charge is -2.14. The first-order valence-electron chi connectivity index (χ1n) is 8.19. The number of hydrogen-bond acceptors (Lipinski definition) is 5. The highest BCUT2D eigenvalue weighted by Crippen LogP contribution is 2.29. The standard InChI is InChI=1S/C18H24N4O3S.HI/c1-19-18(22-13-7-8-14(24-2)15(12-13)25-3)21-10-5-9-20-17(23)16-6-4-11-26-16;/h4,6-8,11-12H,5,9-10H2,1-3H3,(H,20,23)(H2,19,21,22);1H. The van der Waals surface area contributed by atoms with E-state index in [2.05, 4.69) is 20.9 Å². The lowest BCUT2D eigenvalue weighted by molar-refractivity contribution is 0.0957. The Morgan fingerprint density at radius 3 is 2.48 bits per heavy atom. The Bertz CT molecular complexity index is 738. The van der Waals surface area contributed by atoms with Crippen LogP contribution in [-0.4, -0.2) is 46.2 Å². The minimum atomic E-state index is -0.0344. The molecule has 7 nitrogen and oxygen atoms in total. The zero-order valence-corrected chi connectivity index (χ0v) is 18.7. The second kappa shape index (κ2) is 12.4. The van der Waals surface area contributed by atoms with Crippen molar-refractivity contribution in [2.24, 2.45) is 4.99 Å². The van der Waals surface area contributed by atoms with Crippen LogP contribution in [0, 0.1) is 0 Å². The molecule has 0 saturated carbocycles. The maximum Gasteiger partial charge on any atom is 0.261 e. The minimum Gasteiger partial charge on any atom is -0.493 e. The number of carbonyl (C=O) groups excluding carboxylic acids is 1. The van der Waals surface area contributed by atoms with Crippen molar-refractivity contribution in [3.8, 4) is 11.5 Å². The number of hydrogen-bond donors (Lipinski definition) is 3. The maximum absolute atomic E-state index is 11.8. The van der Waals surface area contributed by atoms with Gasteiger partial charge in [-0.05, 0) is 30.0 Å². The molecule has 2 aromatic rings. The van der Waals surface area contributed by atoms with Crippen LogP contribution in [0.15, 0.2) is 40.7 Å². The highest BCUT2D eigenvalue weighted by atomic mass is 127. The summed E-state index contributed by atoms with van der Waals surface area (Å²) in [5.41, 5.74) is 0.835.